The molecule has 0 radical (unpaired) electrons. The van der Waals surface area contributed by atoms with E-state index in [2.05, 4.69) is 20.9 Å². The third-order valence-corrected chi connectivity index (χ3v) is 0.852. The van der Waals surface area contributed by atoms with Crippen LogP contribution in [0.1, 0.15) is 0 Å². The van der Waals surface area contributed by atoms with Crippen LogP contribution in [0.3, 0.4) is 0 Å². The van der Waals surface area contributed by atoms with Crippen LogP contribution in [0.15, 0.2) is 24.4 Å². The molecule has 1 aromatic rings. The highest BCUT2D eigenvalue weighted by atomic mass is 79.9. The maximum Gasteiger partial charge on any atom is 0.185 e. The van der Waals surface area contributed by atoms with Crippen molar-refractivity contribution in [3.63, 3.8) is 0 Å². The maximum absolute atomic E-state index is 8.72. The SMILES string of the molecule is Clc1ccccn1.O=CBr. The Kier molecular flexibility index (Phi) is 6.43. The fourth-order valence-corrected chi connectivity index (χ4v) is 0.471. The van der Waals surface area contributed by atoms with Crippen LogP contribution in [0.4, 0.5) is 0 Å². The molecule has 0 N–H and O–H groups in total. The van der Waals surface area contributed by atoms with Gasteiger partial charge in [0.1, 0.15) is 5.15 Å². The van der Waals surface area contributed by atoms with Gasteiger partial charge in [-0.15, -0.1) is 0 Å². The predicted molar refractivity (Wildman–Crippen MR) is 44.9 cm³/mol. The molecule has 0 fully saturated rings. The molecule has 0 saturated carbocycles. The van der Waals surface area contributed by atoms with E-state index in [9.17, 15) is 0 Å². The monoisotopic (exact) mass is 221 g/mol. The van der Waals surface area contributed by atoms with Crippen LogP contribution in [0.5, 0.6) is 0 Å². The van der Waals surface area contributed by atoms with Crippen LogP contribution >= 0.6 is 27.5 Å². The van der Waals surface area contributed by atoms with Crippen LogP contribution < -0.4 is 0 Å². The predicted octanol–water partition coefficient (Wildman–Crippen LogP) is 2.31. The first-order chi connectivity index (χ1) is 4.81. The topological polar surface area (TPSA) is 30.0 Å². The third kappa shape index (κ3) is 5.72. The first kappa shape index (κ1) is 9.59. The molecular weight excluding hydrogens is 217 g/mol. The van der Waals surface area contributed by atoms with E-state index >= 15 is 0 Å². The van der Waals surface area contributed by atoms with Crippen molar-refractivity contribution in [2.75, 3.05) is 0 Å². The molecule has 2 nitrogen and oxygen atoms in total. The van der Waals surface area contributed by atoms with E-state index in [0.717, 1.165) is 0 Å². The highest BCUT2D eigenvalue weighted by molar-refractivity contribution is 9.17. The van der Waals surface area contributed by atoms with Crippen LogP contribution in [0, 0.1) is 0 Å². The lowest BCUT2D eigenvalue weighted by molar-refractivity contribution is 0.571. The minimum atomic E-state index is 0.544. The summed E-state index contributed by atoms with van der Waals surface area (Å²) in [6, 6.07) is 5.41. The Balaban J connectivity index is 0.000000236. The van der Waals surface area contributed by atoms with Crippen LogP contribution in [0.2, 0.25) is 5.15 Å². The number of carbonyl (C=O) groups excluding carboxylic acids is 1. The Morgan fingerprint density at radius 3 is 2.40 bits per heavy atom. The van der Waals surface area contributed by atoms with Crippen molar-refractivity contribution in [3.05, 3.63) is 29.5 Å². The molecule has 0 aliphatic rings. The van der Waals surface area contributed by atoms with Gasteiger partial charge in [-0.1, -0.05) is 17.7 Å². The van der Waals surface area contributed by atoms with Gasteiger partial charge in [-0.3, -0.25) is 4.79 Å². The van der Waals surface area contributed by atoms with E-state index in [-0.39, 0.29) is 0 Å². The zero-order valence-electron chi connectivity index (χ0n) is 5.00. The minimum Gasteiger partial charge on any atom is -0.290 e. The largest absolute Gasteiger partial charge is 0.290 e. The van der Waals surface area contributed by atoms with Gasteiger partial charge >= 0.3 is 0 Å². The fourth-order valence-electron chi connectivity index (χ4n) is 0.342. The number of hydrogen-bond donors (Lipinski definition) is 0. The van der Waals surface area contributed by atoms with Gasteiger partial charge in [-0.25, -0.2) is 4.98 Å². The molecule has 1 aromatic heterocycles. The highest BCUT2D eigenvalue weighted by Crippen LogP contribution is 1.98. The summed E-state index contributed by atoms with van der Waals surface area (Å²) in [6.07, 6.45) is 1.66. The quantitative estimate of drug-likeness (QED) is 0.383. The van der Waals surface area contributed by atoms with E-state index < -0.39 is 0 Å². The Morgan fingerprint density at radius 2 is 2.20 bits per heavy atom. The van der Waals surface area contributed by atoms with Crippen molar-refractivity contribution >= 4 is 32.7 Å². The molecule has 0 saturated heterocycles. The Bertz CT molecular complexity index is 180. The Hall–Kier alpha value is -0.410. The molecule has 54 valence electrons. The summed E-state index contributed by atoms with van der Waals surface area (Å²) < 4.78 is 0. The van der Waals surface area contributed by atoms with Crippen molar-refractivity contribution < 1.29 is 4.79 Å². The molecule has 0 unspecified atom stereocenters. The van der Waals surface area contributed by atoms with E-state index in [0.29, 0.717) is 10.3 Å². The van der Waals surface area contributed by atoms with Gasteiger partial charge in [0, 0.05) is 6.20 Å². The number of rotatable bonds is 0. The summed E-state index contributed by atoms with van der Waals surface area (Å²) in [5.41, 5.74) is 0. The van der Waals surface area contributed by atoms with Gasteiger partial charge in [0.25, 0.3) is 0 Å². The number of pyridine rings is 1. The standard InChI is InChI=1S/C5H4ClN.CHBrO/c6-5-3-1-2-4-7-5;2-1-3/h1-4H;1H. The summed E-state index contributed by atoms with van der Waals surface area (Å²) >= 11 is 7.89. The number of halogens is 2. The van der Waals surface area contributed by atoms with Crippen LogP contribution in [0.25, 0.3) is 0 Å². The minimum absolute atomic E-state index is 0.544. The average Bonchev–Trinajstić information content (AvgIpc) is 1.91. The molecule has 1 heterocycles. The molecule has 0 aliphatic carbocycles. The van der Waals surface area contributed by atoms with Crippen molar-refractivity contribution in [3.8, 4) is 0 Å². The molecule has 0 bridgehead atoms. The lowest BCUT2D eigenvalue weighted by atomic mass is 10.5. The lowest BCUT2D eigenvalue weighted by Crippen LogP contribution is -1.65. The molecule has 1 rings (SSSR count). The first-order valence-electron chi connectivity index (χ1n) is 2.41. The van der Waals surface area contributed by atoms with Crippen LogP contribution in [-0.4, -0.2) is 10.2 Å². The number of hydrogen-bond acceptors (Lipinski definition) is 2. The van der Waals surface area contributed by atoms with Crippen molar-refractivity contribution in [2.24, 2.45) is 0 Å². The summed E-state index contributed by atoms with van der Waals surface area (Å²) in [6.45, 7) is 0. The van der Waals surface area contributed by atoms with Gasteiger partial charge in [-0.2, -0.15) is 0 Å². The van der Waals surface area contributed by atoms with Gasteiger partial charge in [0.15, 0.2) is 5.20 Å². The molecule has 0 amide bonds. The summed E-state index contributed by atoms with van der Waals surface area (Å²) in [5, 5.41) is 1.11. The van der Waals surface area contributed by atoms with Crippen molar-refractivity contribution in [2.45, 2.75) is 0 Å². The normalized spacial score (nSPS) is 7.40. The van der Waals surface area contributed by atoms with Gasteiger partial charge in [0.05, 0.1) is 0 Å². The zero-order valence-corrected chi connectivity index (χ0v) is 7.34. The second-order valence-electron chi connectivity index (χ2n) is 1.24. The van der Waals surface area contributed by atoms with Crippen LogP contribution in [-0.2, 0) is 4.79 Å². The molecule has 4 heteroatoms. The van der Waals surface area contributed by atoms with Crippen molar-refractivity contribution in [1.82, 2.24) is 4.98 Å². The van der Waals surface area contributed by atoms with Gasteiger partial charge in [-0.05, 0) is 28.1 Å². The number of aromatic nitrogens is 1. The molecule has 0 spiro atoms. The van der Waals surface area contributed by atoms with Gasteiger partial charge in [0.2, 0.25) is 0 Å². The van der Waals surface area contributed by atoms with E-state index in [4.69, 9.17) is 16.4 Å². The second kappa shape index (κ2) is 6.71. The summed E-state index contributed by atoms with van der Waals surface area (Å²) in [4.78, 5) is 12.5. The van der Waals surface area contributed by atoms with Crippen molar-refractivity contribution in [1.29, 1.82) is 0 Å². The Labute approximate surface area is 72.4 Å². The molecule has 10 heavy (non-hydrogen) atoms. The average molecular weight is 222 g/mol. The smallest absolute Gasteiger partial charge is 0.185 e. The maximum atomic E-state index is 8.72. The number of nitrogens with zero attached hydrogens (tertiary/aromatic N) is 1. The first-order valence-corrected chi connectivity index (χ1v) is 3.71. The molecular formula is C6H5BrClNO. The summed E-state index contributed by atoms with van der Waals surface area (Å²) in [5.74, 6) is 0. The van der Waals surface area contributed by atoms with E-state index in [1.807, 2.05) is 12.1 Å². The third-order valence-electron chi connectivity index (χ3n) is 0.629. The van der Waals surface area contributed by atoms with Gasteiger partial charge < -0.3 is 0 Å². The fraction of sp³-hybridized carbons (Fsp3) is 0. The zero-order chi connectivity index (χ0) is 7.82. The molecule has 0 aromatic carbocycles. The van der Waals surface area contributed by atoms with E-state index in [1.54, 1.807) is 12.3 Å². The number of carbonyl (C=O) groups is 1. The Morgan fingerprint density at radius 1 is 1.60 bits per heavy atom. The second-order valence-corrected chi connectivity index (χ2v) is 2.00. The molecule has 0 atom stereocenters. The molecule has 0 aliphatic heterocycles. The van der Waals surface area contributed by atoms with E-state index in [1.165, 1.54) is 0 Å². The highest BCUT2D eigenvalue weighted by Gasteiger charge is 1.76. The summed E-state index contributed by atoms with van der Waals surface area (Å²) in [7, 11) is 0. The lowest BCUT2D eigenvalue weighted by Gasteiger charge is -1.79.